The summed E-state index contributed by atoms with van der Waals surface area (Å²) in [6, 6.07) is 13.1. The number of hydrogen-bond donors (Lipinski definition) is 2. The highest BCUT2D eigenvalue weighted by Gasteiger charge is 2.08. The van der Waals surface area contributed by atoms with E-state index in [0.717, 1.165) is 0 Å². The Hall–Kier alpha value is -4.12. The smallest absolute Gasteiger partial charge is 0.318 e. The lowest BCUT2D eigenvalue weighted by Gasteiger charge is -2.08. The molecule has 0 aliphatic rings. The summed E-state index contributed by atoms with van der Waals surface area (Å²) in [7, 11) is 1.51. The lowest BCUT2D eigenvalue weighted by molar-refractivity contribution is -0.108. The summed E-state index contributed by atoms with van der Waals surface area (Å²) in [4.78, 5) is 22.1. The van der Waals surface area contributed by atoms with Crippen LogP contribution in [0.5, 0.6) is 11.5 Å². The Bertz CT molecular complexity index is 1090. The maximum Gasteiger partial charge on any atom is 0.318 e. The predicted molar refractivity (Wildman–Crippen MR) is 117 cm³/mol. The van der Waals surface area contributed by atoms with Crippen LogP contribution in [0.15, 0.2) is 42.5 Å². The molecule has 0 heterocycles. The lowest BCUT2D eigenvalue weighted by Crippen LogP contribution is -2.24. The van der Waals surface area contributed by atoms with E-state index in [1.54, 1.807) is 42.5 Å². The van der Waals surface area contributed by atoms with E-state index in [1.807, 2.05) is 6.07 Å². The summed E-state index contributed by atoms with van der Waals surface area (Å²) in [6.45, 7) is 0.195. The Morgan fingerprint density at radius 3 is 2.42 bits per heavy atom. The molecule has 1 atom stereocenters. The average Bonchev–Trinajstić information content (AvgIpc) is 2.79. The first kappa shape index (κ1) is 23.2. The number of hydrogen-bond acceptors (Lipinski definition) is 5. The van der Waals surface area contributed by atoms with Gasteiger partial charge in [-0.05, 0) is 53.5 Å². The molecule has 0 aliphatic heterocycles. The Labute approximate surface area is 185 Å². The SMILES string of the molecule is CNC(=O)Nc1ccc(Cl)c(OCC#CC#CCOc2ccc(C(C#N)C=O)cc2)c1. The molecule has 0 saturated heterocycles. The van der Waals surface area contributed by atoms with E-state index in [0.29, 0.717) is 34.1 Å². The molecule has 0 bridgehead atoms. The minimum atomic E-state index is -0.782. The fourth-order valence-corrected chi connectivity index (χ4v) is 2.41. The number of aldehydes is 1. The summed E-state index contributed by atoms with van der Waals surface area (Å²) in [5.74, 6) is 11.0. The zero-order valence-corrected chi connectivity index (χ0v) is 17.3. The fraction of sp³-hybridized carbons (Fsp3) is 0.174. The molecule has 0 radical (unpaired) electrons. The van der Waals surface area contributed by atoms with Crippen molar-refractivity contribution in [3.05, 3.63) is 53.1 Å². The van der Waals surface area contributed by atoms with Crippen LogP contribution in [-0.4, -0.2) is 32.6 Å². The standard InChI is InChI=1S/C23H18ClN3O4/c1-26-23(29)27-19-8-11-21(24)22(14-19)31-13-5-3-2-4-12-30-20-9-6-17(7-10-20)18(15-25)16-28/h6-11,14,16,18H,12-13H2,1H3,(H2,26,27,29). The number of nitrogens with one attached hydrogen (secondary N) is 2. The largest absolute Gasteiger partial charge is 0.481 e. The van der Waals surface area contributed by atoms with Crippen molar-refractivity contribution in [3.63, 3.8) is 0 Å². The first-order chi connectivity index (χ1) is 15.1. The number of anilines is 1. The van der Waals surface area contributed by atoms with Gasteiger partial charge < -0.3 is 24.9 Å². The third-order valence-electron chi connectivity index (χ3n) is 3.78. The molecule has 31 heavy (non-hydrogen) atoms. The van der Waals surface area contributed by atoms with Crippen LogP contribution in [0.25, 0.3) is 0 Å². The molecule has 8 heteroatoms. The monoisotopic (exact) mass is 435 g/mol. The number of urea groups is 1. The normalized spacial score (nSPS) is 10.1. The maximum atomic E-state index is 11.4. The third-order valence-corrected chi connectivity index (χ3v) is 4.09. The summed E-state index contributed by atoms with van der Waals surface area (Å²) < 4.78 is 10.9. The zero-order valence-electron chi connectivity index (χ0n) is 16.6. The molecule has 1 unspecified atom stereocenters. The summed E-state index contributed by atoms with van der Waals surface area (Å²) in [5.41, 5.74) is 1.14. The quantitative estimate of drug-likeness (QED) is 0.513. The Balaban J connectivity index is 1.79. The topological polar surface area (TPSA) is 100 Å². The number of carbonyl (C=O) groups excluding carboxylic acids is 2. The Morgan fingerprint density at radius 1 is 1.13 bits per heavy atom. The number of rotatable bonds is 7. The molecule has 0 spiro atoms. The van der Waals surface area contributed by atoms with Gasteiger partial charge in [0.1, 0.15) is 36.9 Å². The summed E-state index contributed by atoms with van der Waals surface area (Å²) >= 11 is 6.07. The van der Waals surface area contributed by atoms with E-state index in [4.69, 9.17) is 26.3 Å². The molecule has 2 amide bonds. The van der Waals surface area contributed by atoms with Gasteiger partial charge >= 0.3 is 6.03 Å². The molecule has 2 aromatic rings. The zero-order chi connectivity index (χ0) is 22.5. The summed E-state index contributed by atoms with van der Waals surface area (Å²) in [6.07, 6.45) is 0.593. The van der Waals surface area contributed by atoms with Gasteiger partial charge in [0.05, 0.1) is 11.1 Å². The van der Waals surface area contributed by atoms with Gasteiger partial charge in [0.15, 0.2) is 0 Å². The molecule has 2 rings (SSSR count). The van der Waals surface area contributed by atoms with Crippen LogP contribution in [0.3, 0.4) is 0 Å². The van der Waals surface area contributed by atoms with E-state index in [1.165, 1.54) is 7.05 Å². The van der Waals surface area contributed by atoms with Crippen LogP contribution in [0.4, 0.5) is 10.5 Å². The lowest BCUT2D eigenvalue weighted by atomic mass is 10.0. The van der Waals surface area contributed by atoms with Crippen molar-refractivity contribution in [1.29, 1.82) is 5.26 Å². The van der Waals surface area contributed by atoms with Crippen molar-refractivity contribution in [2.24, 2.45) is 0 Å². The molecule has 2 N–H and O–H groups in total. The number of carbonyl (C=O) groups is 2. The molecule has 156 valence electrons. The predicted octanol–water partition coefficient (Wildman–Crippen LogP) is 3.36. The van der Waals surface area contributed by atoms with Gasteiger partial charge in [-0.25, -0.2) is 4.79 Å². The first-order valence-electron chi connectivity index (χ1n) is 9.02. The highest BCUT2D eigenvalue weighted by Crippen LogP contribution is 2.27. The number of benzene rings is 2. The number of amides is 2. The van der Waals surface area contributed by atoms with Crippen molar-refractivity contribution >= 4 is 29.6 Å². The van der Waals surface area contributed by atoms with E-state index in [-0.39, 0.29) is 19.2 Å². The third kappa shape index (κ3) is 7.66. The van der Waals surface area contributed by atoms with Gasteiger partial charge in [0.2, 0.25) is 0 Å². The number of ether oxygens (including phenoxy) is 2. The second-order valence-corrected chi connectivity index (χ2v) is 6.25. The van der Waals surface area contributed by atoms with Gasteiger partial charge in [0, 0.05) is 18.8 Å². The van der Waals surface area contributed by atoms with Crippen molar-refractivity contribution in [2.75, 3.05) is 25.6 Å². The Morgan fingerprint density at radius 2 is 1.81 bits per heavy atom. The van der Waals surface area contributed by atoms with Crippen molar-refractivity contribution in [1.82, 2.24) is 5.32 Å². The van der Waals surface area contributed by atoms with E-state index < -0.39 is 5.92 Å². The molecule has 0 saturated carbocycles. The number of nitrogens with zero attached hydrogens (tertiary/aromatic N) is 1. The van der Waals surface area contributed by atoms with Crippen molar-refractivity contribution in [2.45, 2.75) is 5.92 Å². The molecule has 0 aliphatic carbocycles. The van der Waals surface area contributed by atoms with Crippen LogP contribution in [0, 0.1) is 35.0 Å². The van der Waals surface area contributed by atoms with Gasteiger partial charge in [-0.15, -0.1) is 0 Å². The molecule has 0 aromatic heterocycles. The van der Waals surface area contributed by atoms with Crippen LogP contribution in [-0.2, 0) is 4.79 Å². The molecule has 2 aromatic carbocycles. The first-order valence-corrected chi connectivity index (χ1v) is 9.39. The van der Waals surface area contributed by atoms with Gasteiger partial charge in [-0.3, -0.25) is 0 Å². The molecular formula is C23H18ClN3O4. The maximum absolute atomic E-state index is 11.4. The highest BCUT2D eigenvalue weighted by molar-refractivity contribution is 6.32. The van der Waals surface area contributed by atoms with Gasteiger partial charge in [0.25, 0.3) is 0 Å². The minimum absolute atomic E-state index is 0.0664. The summed E-state index contributed by atoms with van der Waals surface area (Å²) in [5, 5.41) is 14.3. The minimum Gasteiger partial charge on any atom is -0.481 e. The number of nitriles is 1. The van der Waals surface area contributed by atoms with Crippen molar-refractivity contribution < 1.29 is 19.1 Å². The molecule has 7 nitrogen and oxygen atoms in total. The van der Waals surface area contributed by atoms with Crippen molar-refractivity contribution in [3.8, 4) is 41.2 Å². The van der Waals surface area contributed by atoms with Crippen LogP contribution in [0.2, 0.25) is 5.02 Å². The second kappa shape index (κ2) is 12.4. The van der Waals surface area contributed by atoms with Gasteiger partial charge in [-0.1, -0.05) is 23.7 Å². The Kier molecular flexibility index (Phi) is 9.30. The average molecular weight is 436 g/mol. The van der Waals surface area contributed by atoms with E-state index in [2.05, 4.69) is 34.3 Å². The fourth-order valence-electron chi connectivity index (χ4n) is 2.23. The van der Waals surface area contributed by atoms with Gasteiger partial charge in [-0.2, -0.15) is 5.26 Å². The number of halogens is 1. The van der Waals surface area contributed by atoms with Crippen LogP contribution < -0.4 is 20.1 Å². The molecule has 0 fully saturated rings. The van der Waals surface area contributed by atoms with Crippen LogP contribution >= 0.6 is 11.6 Å². The second-order valence-electron chi connectivity index (χ2n) is 5.84. The highest BCUT2D eigenvalue weighted by atomic mass is 35.5. The van der Waals surface area contributed by atoms with E-state index >= 15 is 0 Å². The van der Waals surface area contributed by atoms with Crippen LogP contribution in [0.1, 0.15) is 11.5 Å². The van der Waals surface area contributed by atoms with E-state index in [9.17, 15) is 9.59 Å². The molecular weight excluding hydrogens is 418 g/mol.